The summed E-state index contributed by atoms with van der Waals surface area (Å²) in [5, 5.41) is 12.7. The van der Waals surface area contributed by atoms with Crippen LogP contribution in [0.4, 0.5) is 5.69 Å². The van der Waals surface area contributed by atoms with Crippen LogP contribution in [-0.2, 0) is 5.60 Å². The number of anilines is 1. The summed E-state index contributed by atoms with van der Waals surface area (Å²) in [4.78, 5) is 8.85. The van der Waals surface area contributed by atoms with E-state index in [2.05, 4.69) is 39.0 Å². The molecule has 0 radical (unpaired) electrons. The van der Waals surface area contributed by atoms with Gasteiger partial charge in [0, 0.05) is 54.2 Å². The summed E-state index contributed by atoms with van der Waals surface area (Å²) in [6.07, 6.45) is 1.66. The van der Waals surface area contributed by atoms with E-state index in [4.69, 9.17) is 27.9 Å². The second-order valence-corrected chi connectivity index (χ2v) is 9.21. The maximum Gasteiger partial charge on any atom is 0.213 e. The molecular formula is C25H27Cl2N3O2. The van der Waals surface area contributed by atoms with Crippen molar-refractivity contribution in [3.05, 3.63) is 88.0 Å². The van der Waals surface area contributed by atoms with Gasteiger partial charge in [0.2, 0.25) is 5.88 Å². The van der Waals surface area contributed by atoms with Crippen LogP contribution in [-0.4, -0.2) is 48.3 Å². The van der Waals surface area contributed by atoms with Gasteiger partial charge in [-0.1, -0.05) is 35.3 Å². The number of nitrogens with zero attached hydrogens (tertiary/aromatic N) is 3. The van der Waals surface area contributed by atoms with Gasteiger partial charge in [-0.15, -0.1) is 0 Å². The van der Waals surface area contributed by atoms with Crippen LogP contribution in [0.15, 0.2) is 66.9 Å². The molecule has 168 valence electrons. The molecule has 1 fully saturated rings. The highest BCUT2D eigenvalue weighted by atomic mass is 35.5. The van der Waals surface area contributed by atoms with E-state index in [0.717, 1.165) is 35.9 Å². The number of piperazine rings is 1. The van der Waals surface area contributed by atoms with Gasteiger partial charge in [0.15, 0.2) is 0 Å². The van der Waals surface area contributed by atoms with E-state index in [9.17, 15) is 5.11 Å². The fourth-order valence-electron chi connectivity index (χ4n) is 4.28. The lowest BCUT2D eigenvalue weighted by Crippen LogP contribution is -2.52. The van der Waals surface area contributed by atoms with Crippen molar-refractivity contribution in [3.63, 3.8) is 0 Å². The van der Waals surface area contributed by atoms with Crippen molar-refractivity contribution in [3.8, 4) is 5.88 Å². The highest BCUT2D eigenvalue weighted by Crippen LogP contribution is 2.33. The van der Waals surface area contributed by atoms with Gasteiger partial charge in [-0.3, -0.25) is 4.90 Å². The number of halogens is 2. The SMILES string of the molecule is COc1cc([C@](C)(O)CN2CCN(c3ccc(Cl)cc3)[C@H](c3ccc(Cl)cc3)C2)ccn1. The highest BCUT2D eigenvalue weighted by molar-refractivity contribution is 6.30. The summed E-state index contributed by atoms with van der Waals surface area (Å²) in [6.45, 7) is 4.75. The van der Waals surface area contributed by atoms with Crippen molar-refractivity contribution in [2.45, 2.75) is 18.6 Å². The molecule has 2 aromatic carbocycles. The number of β-amino-alcohol motifs (C(OH)–C–C–N with tert-alkyl or cyclic N) is 1. The molecule has 1 N–H and O–H groups in total. The highest BCUT2D eigenvalue weighted by Gasteiger charge is 2.33. The minimum absolute atomic E-state index is 0.116. The summed E-state index contributed by atoms with van der Waals surface area (Å²) in [5.41, 5.74) is 2.05. The number of pyridine rings is 1. The molecule has 2 atom stereocenters. The molecule has 1 aromatic heterocycles. The normalized spacial score (nSPS) is 18.9. The monoisotopic (exact) mass is 471 g/mol. The van der Waals surface area contributed by atoms with Crippen molar-refractivity contribution < 1.29 is 9.84 Å². The molecule has 0 bridgehead atoms. The third-order valence-electron chi connectivity index (χ3n) is 5.97. The van der Waals surface area contributed by atoms with Crippen LogP contribution in [0.3, 0.4) is 0 Å². The van der Waals surface area contributed by atoms with Gasteiger partial charge in [-0.2, -0.15) is 0 Å². The van der Waals surface area contributed by atoms with Crippen molar-refractivity contribution in [2.75, 3.05) is 38.2 Å². The average molecular weight is 472 g/mol. The predicted octanol–water partition coefficient (Wildman–Crippen LogP) is 5.17. The smallest absolute Gasteiger partial charge is 0.213 e. The molecule has 4 rings (SSSR count). The number of aromatic nitrogens is 1. The number of rotatable bonds is 6. The fourth-order valence-corrected chi connectivity index (χ4v) is 4.53. The Labute approximate surface area is 199 Å². The van der Waals surface area contributed by atoms with Crippen LogP contribution >= 0.6 is 23.2 Å². The average Bonchev–Trinajstić information content (AvgIpc) is 2.80. The van der Waals surface area contributed by atoms with E-state index in [-0.39, 0.29) is 6.04 Å². The lowest BCUT2D eigenvalue weighted by Gasteiger charge is -2.45. The first kappa shape index (κ1) is 22.9. The second kappa shape index (κ2) is 9.67. The lowest BCUT2D eigenvalue weighted by atomic mass is 9.94. The summed E-state index contributed by atoms with van der Waals surface area (Å²) in [7, 11) is 1.58. The zero-order valence-corrected chi connectivity index (χ0v) is 19.7. The maximum absolute atomic E-state index is 11.3. The third-order valence-corrected chi connectivity index (χ3v) is 6.48. The van der Waals surface area contributed by atoms with Crippen molar-refractivity contribution in [2.24, 2.45) is 0 Å². The summed E-state index contributed by atoms with van der Waals surface area (Å²) >= 11 is 12.3. The van der Waals surface area contributed by atoms with Gasteiger partial charge in [0.25, 0.3) is 0 Å². The molecule has 0 unspecified atom stereocenters. The van der Waals surface area contributed by atoms with Gasteiger partial charge in [0.1, 0.15) is 0 Å². The van der Waals surface area contributed by atoms with Gasteiger partial charge >= 0.3 is 0 Å². The molecule has 3 aromatic rings. The second-order valence-electron chi connectivity index (χ2n) is 8.33. The first-order valence-electron chi connectivity index (χ1n) is 10.6. The Balaban J connectivity index is 1.58. The number of methoxy groups -OCH3 is 1. The number of benzene rings is 2. The topological polar surface area (TPSA) is 48.8 Å². The number of aliphatic hydroxyl groups is 1. The molecule has 0 saturated carbocycles. The maximum atomic E-state index is 11.3. The minimum atomic E-state index is -1.04. The molecule has 5 nitrogen and oxygen atoms in total. The number of ether oxygens (including phenoxy) is 1. The zero-order chi connectivity index (χ0) is 22.7. The van der Waals surface area contributed by atoms with Gasteiger partial charge < -0.3 is 14.7 Å². The van der Waals surface area contributed by atoms with Crippen molar-refractivity contribution in [1.82, 2.24) is 9.88 Å². The Kier molecular flexibility index (Phi) is 6.91. The fraction of sp³-hybridized carbons (Fsp3) is 0.320. The Morgan fingerprint density at radius 1 is 1.03 bits per heavy atom. The van der Waals surface area contributed by atoms with Gasteiger partial charge in [0.05, 0.1) is 18.8 Å². The van der Waals surface area contributed by atoms with Crippen LogP contribution in [0.25, 0.3) is 0 Å². The van der Waals surface area contributed by atoms with E-state index in [0.29, 0.717) is 17.4 Å². The van der Waals surface area contributed by atoms with E-state index in [1.165, 1.54) is 5.56 Å². The third kappa shape index (κ3) is 5.18. The van der Waals surface area contributed by atoms with Crippen LogP contribution in [0.2, 0.25) is 10.0 Å². The Bertz CT molecular complexity index is 1040. The first-order valence-corrected chi connectivity index (χ1v) is 11.3. The first-order chi connectivity index (χ1) is 15.4. The zero-order valence-electron chi connectivity index (χ0n) is 18.2. The molecule has 32 heavy (non-hydrogen) atoms. The summed E-state index contributed by atoms with van der Waals surface area (Å²) in [5.74, 6) is 0.495. The lowest BCUT2D eigenvalue weighted by molar-refractivity contribution is 0.0100. The molecule has 0 aliphatic carbocycles. The largest absolute Gasteiger partial charge is 0.481 e. The molecule has 0 amide bonds. The van der Waals surface area contributed by atoms with Gasteiger partial charge in [-0.25, -0.2) is 4.98 Å². The molecule has 1 aliphatic heterocycles. The number of hydrogen-bond acceptors (Lipinski definition) is 5. The Morgan fingerprint density at radius 3 is 2.34 bits per heavy atom. The Hall–Kier alpha value is -2.31. The molecule has 1 aliphatic rings. The van der Waals surface area contributed by atoms with Crippen molar-refractivity contribution in [1.29, 1.82) is 0 Å². The van der Waals surface area contributed by atoms with Gasteiger partial charge in [-0.05, 0) is 60.5 Å². The van der Waals surface area contributed by atoms with E-state index in [1.807, 2.05) is 37.3 Å². The van der Waals surface area contributed by atoms with Crippen LogP contribution < -0.4 is 9.64 Å². The summed E-state index contributed by atoms with van der Waals surface area (Å²) in [6, 6.07) is 19.7. The van der Waals surface area contributed by atoms with Crippen LogP contribution in [0, 0.1) is 0 Å². The molecule has 0 spiro atoms. The standard InChI is InChI=1S/C25H27Cl2N3O2/c1-25(31,19-11-12-28-24(15-19)32-2)17-29-13-14-30(22-9-7-21(27)8-10-22)23(16-29)18-3-5-20(26)6-4-18/h3-12,15,23,31H,13-14,16-17H2,1-2H3/t23-,25+/m0/s1. The minimum Gasteiger partial charge on any atom is -0.481 e. The van der Waals surface area contributed by atoms with E-state index >= 15 is 0 Å². The quantitative estimate of drug-likeness (QED) is 0.537. The van der Waals surface area contributed by atoms with E-state index in [1.54, 1.807) is 19.4 Å². The van der Waals surface area contributed by atoms with E-state index < -0.39 is 5.60 Å². The molecule has 2 heterocycles. The molecule has 1 saturated heterocycles. The summed E-state index contributed by atoms with van der Waals surface area (Å²) < 4.78 is 5.23. The van der Waals surface area contributed by atoms with Crippen molar-refractivity contribution >= 4 is 28.9 Å². The number of hydrogen-bond donors (Lipinski definition) is 1. The predicted molar refractivity (Wildman–Crippen MR) is 130 cm³/mol. The van der Waals surface area contributed by atoms with Crippen LogP contribution in [0.5, 0.6) is 5.88 Å². The molecule has 7 heteroatoms. The molecular weight excluding hydrogens is 445 g/mol. The Morgan fingerprint density at radius 2 is 1.69 bits per heavy atom. The van der Waals surface area contributed by atoms with Crippen LogP contribution in [0.1, 0.15) is 24.1 Å².